The lowest BCUT2D eigenvalue weighted by Crippen LogP contribution is -2.57. The molecule has 3 N–H and O–H groups in total. The Morgan fingerprint density at radius 1 is 1.17 bits per heavy atom. The molecule has 0 unspecified atom stereocenters. The van der Waals surface area contributed by atoms with Crippen molar-refractivity contribution >= 4 is 17.1 Å². The third-order valence-electron chi connectivity index (χ3n) is 2.58. The van der Waals surface area contributed by atoms with Crippen molar-refractivity contribution in [1.82, 2.24) is 0 Å². The van der Waals surface area contributed by atoms with Crippen molar-refractivity contribution in [2.24, 2.45) is 5.11 Å². The van der Waals surface area contributed by atoms with Crippen LogP contribution in [0.3, 0.4) is 0 Å². The summed E-state index contributed by atoms with van der Waals surface area (Å²) in [5.41, 5.74) is 9.77. The van der Waals surface area contributed by atoms with Gasteiger partial charge in [0, 0.05) is 17.8 Å². The molecule has 0 aliphatic carbocycles. The van der Waals surface area contributed by atoms with E-state index in [-0.39, 0.29) is 0 Å². The van der Waals surface area contributed by atoms with Crippen LogP contribution in [0.1, 0.15) is 11.1 Å². The Kier molecular flexibility index (Phi) is 3.35. The largest absolute Gasteiger partial charge is 0.399 e. The van der Waals surface area contributed by atoms with E-state index in [0.29, 0.717) is 5.56 Å². The smallest absolute Gasteiger partial charge is 0.229 e. The van der Waals surface area contributed by atoms with Crippen molar-refractivity contribution in [2.45, 2.75) is 6.92 Å². The van der Waals surface area contributed by atoms with E-state index in [1.165, 1.54) is 0 Å². The molecule has 0 amide bonds. The monoisotopic (exact) mass is 237 g/mol. The van der Waals surface area contributed by atoms with Gasteiger partial charge in [0.1, 0.15) is 5.69 Å². The van der Waals surface area contributed by atoms with E-state index in [1.54, 1.807) is 12.1 Å². The second-order valence-corrected chi connectivity index (χ2v) is 3.95. The van der Waals surface area contributed by atoms with Gasteiger partial charge < -0.3 is 5.73 Å². The number of hydrogen-bond acceptors (Lipinski definition) is 3. The van der Waals surface area contributed by atoms with Gasteiger partial charge in [-0.15, -0.1) is 0 Å². The Morgan fingerprint density at radius 2 is 1.89 bits per heavy atom. The Labute approximate surface area is 105 Å². The third kappa shape index (κ3) is 2.71. The second-order valence-electron chi connectivity index (χ2n) is 3.95. The first-order valence-corrected chi connectivity index (χ1v) is 5.52. The molecule has 18 heavy (non-hydrogen) atoms. The minimum Gasteiger partial charge on any atom is -0.399 e. The van der Waals surface area contributed by atoms with Gasteiger partial charge in [0.05, 0.1) is 11.6 Å². The Hall–Kier alpha value is -2.67. The van der Waals surface area contributed by atoms with Crippen LogP contribution in [0, 0.1) is 18.3 Å². The van der Waals surface area contributed by atoms with Gasteiger partial charge in [-0.05, 0) is 47.9 Å². The van der Waals surface area contributed by atoms with Crippen molar-refractivity contribution in [2.75, 3.05) is 5.73 Å². The summed E-state index contributed by atoms with van der Waals surface area (Å²) < 4.78 is 0. The first kappa shape index (κ1) is 11.8. The second kappa shape index (κ2) is 5.11. The van der Waals surface area contributed by atoms with Gasteiger partial charge in [-0.25, -0.2) is 0 Å². The molecule has 0 atom stereocenters. The van der Waals surface area contributed by atoms with Crippen LogP contribution >= 0.6 is 0 Å². The summed E-state index contributed by atoms with van der Waals surface area (Å²) in [4.78, 5) is 0. The number of nitrogens with two attached hydrogens (primary N) is 1. The van der Waals surface area contributed by atoms with E-state index in [0.717, 1.165) is 22.6 Å². The average Bonchev–Trinajstić information content (AvgIpc) is 2.41. The maximum Gasteiger partial charge on any atom is 0.229 e. The number of hydrogen-bond donors (Lipinski definition) is 2. The summed E-state index contributed by atoms with van der Waals surface area (Å²) in [5, 5.41) is 15.9. The van der Waals surface area contributed by atoms with E-state index in [4.69, 9.17) is 11.0 Å². The summed E-state index contributed by atoms with van der Waals surface area (Å²) in [7, 11) is 0. The third-order valence-corrected chi connectivity index (χ3v) is 2.58. The summed E-state index contributed by atoms with van der Waals surface area (Å²) >= 11 is 0. The van der Waals surface area contributed by atoms with Crippen LogP contribution in [-0.4, -0.2) is 0 Å². The molecule has 4 heteroatoms. The minimum atomic E-state index is 0.629. The van der Waals surface area contributed by atoms with Gasteiger partial charge in [-0.3, -0.25) is 0 Å². The fourth-order valence-electron chi connectivity index (χ4n) is 1.48. The minimum absolute atomic E-state index is 0.629. The van der Waals surface area contributed by atoms with Gasteiger partial charge in [0.2, 0.25) is 5.69 Å². The van der Waals surface area contributed by atoms with Crippen LogP contribution < -0.4 is 10.8 Å². The number of azo groups is 1. The molecule has 0 aromatic heterocycles. The number of nitrogens with zero attached hydrogens (tertiary/aromatic N) is 2. The molecule has 0 spiro atoms. The SMILES string of the molecule is Cc1cc(N=[NH+]c2ccc(C#N)cc2)ccc1N. The molecule has 0 fully saturated rings. The Morgan fingerprint density at radius 3 is 2.50 bits per heavy atom. The standard InChI is InChI=1S/C14H12N4/c1-10-8-13(6-7-14(10)16)18-17-12-4-2-11(9-15)3-5-12/h2-8H,16H2,1H3/p+1. The molecule has 0 heterocycles. The molecule has 0 saturated carbocycles. The lowest BCUT2D eigenvalue weighted by molar-refractivity contribution is -0.433. The average molecular weight is 237 g/mol. The van der Waals surface area contributed by atoms with Gasteiger partial charge in [0.25, 0.3) is 0 Å². The number of benzene rings is 2. The zero-order valence-electron chi connectivity index (χ0n) is 10.0. The van der Waals surface area contributed by atoms with Gasteiger partial charge >= 0.3 is 0 Å². The predicted molar refractivity (Wildman–Crippen MR) is 69.5 cm³/mol. The molecule has 0 aliphatic heterocycles. The lowest BCUT2D eigenvalue weighted by Gasteiger charge is -1.97. The van der Waals surface area contributed by atoms with Crippen molar-refractivity contribution in [3.05, 3.63) is 53.6 Å². The first-order valence-electron chi connectivity index (χ1n) is 5.52. The molecule has 2 aromatic rings. The van der Waals surface area contributed by atoms with Crippen molar-refractivity contribution < 1.29 is 5.11 Å². The summed E-state index contributed by atoms with van der Waals surface area (Å²) in [6.45, 7) is 1.94. The molecular weight excluding hydrogens is 224 g/mol. The molecule has 0 saturated heterocycles. The van der Waals surface area contributed by atoms with E-state index in [2.05, 4.69) is 16.3 Å². The highest BCUT2D eigenvalue weighted by Crippen LogP contribution is 2.17. The van der Waals surface area contributed by atoms with Crippen molar-refractivity contribution in [1.29, 1.82) is 5.26 Å². The van der Waals surface area contributed by atoms with Crippen LogP contribution in [0.25, 0.3) is 0 Å². The number of aryl methyl sites for hydroxylation is 1. The number of nitriles is 1. The molecule has 0 bridgehead atoms. The Balaban J connectivity index is 2.19. The van der Waals surface area contributed by atoms with Crippen LogP contribution in [0.5, 0.6) is 0 Å². The van der Waals surface area contributed by atoms with Crippen LogP contribution in [0.15, 0.2) is 47.6 Å². The first-order chi connectivity index (χ1) is 8.69. The number of rotatable bonds is 2. The fourth-order valence-corrected chi connectivity index (χ4v) is 1.48. The van der Waals surface area contributed by atoms with Gasteiger partial charge in [0.15, 0.2) is 0 Å². The zero-order valence-corrected chi connectivity index (χ0v) is 10.0. The Bertz CT molecular complexity index is 621. The maximum atomic E-state index is 8.69. The highest BCUT2D eigenvalue weighted by Gasteiger charge is 2.00. The van der Waals surface area contributed by atoms with E-state index >= 15 is 0 Å². The van der Waals surface area contributed by atoms with Gasteiger partial charge in [-0.1, -0.05) is 5.11 Å². The number of anilines is 1. The molecule has 2 aromatic carbocycles. The van der Waals surface area contributed by atoms with E-state index < -0.39 is 0 Å². The molecule has 0 aliphatic rings. The lowest BCUT2D eigenvalue weighted by atomic mass is 10.2. The highest BCUT2D eigenvalue weighted by molar-refractivity contribution is 5.53. The normalized spacial score (nSPS) is 10.4. The molecule has 4 nitrogen and oxygen atoms in total. The fraction of sp³-hybridized carbons (Fsp3) is 0.0714. The van der Waals surface area contributed by atoms with E-state index in [9.17, 15) is 0 Å². The maximum absolute atomic E-state index is 8.69. The number of nitrogens with one attached hydrogen (secondary N) is 1. The summed E-state index contributed by atoms with van der Waals surface area (Å²) in [6.07, 6.45) is 0. The predicted octanol–water partition coefficient (Wildman–Crippen LogP) is 1.94. The van der Waals surface area contributed by atoms with Crippen LogP contribution in [0.2, 0.25) is 0 Å². The summed E-state index contributed by atoms with van der Waals surface area (Å²) in [5.74, 6) is 0. The van der Waals surface area contributed by atoms with Crippen LogP contribution in [-0.2, 0) is 0 Å². The topological polar surface area (TPSA) is 76.1 Å². The van der Waals surface area contributed by atoms with E-state index in [1.807, 2.05) is 37.3 Å². The van der Waals surface area contributed by atoms with Crippen molar-refractivity contribution in [3.8, 4) is 6.07 Å². The molecule has 0 radical (unpaired) electrons. The highest BCUT2D eigenvalue weighted by atomic mass is 15.1. The molecular formula is C14H13N4+. The quantitative estimate of drug-likeness (QED) is 0.618. The molecule has 2 rings (SSSR count). The van der Waals surface area contributed by atoms with Crippen LogP contribution in [0.4, 0.5) is 17.1 Å². The zero-order chi connectivity index (χ0) is 13.0. The summed E-state index contributed by atoms with van der Waals surface area (Å²) in [6, 6.07) is 14.8. The van der Waals surface area contributed by atoms with Gasteiger partial charge in [-0.2, -0.15) is 5.26 Å². The van der Waals surface area contributed by atoms with Crippen molar-refractivity contribution in [3.63, 3.8) is 0 Å². The number of nitrogen functional groups attached to an aromatic ring is 1. The molecule has 88 valence electrons.